The Morgan fingerprint density at radius 2 is 1.78 bits per heavy atom. The number of halogens is 6. The van der Waals surface area contributed by atoms with Gasteiger partial charge in [0.1, 0.15) is 0 Å². The molecule has 1 amide bonds. The summed E-state index contributed by atoms with van der Waals surface area (Å²) >= 11 is 12.0. The Hall–Kier alpha value is -3.37. The predicted molar refractivity (Wildman–Crippen MR) is 108 cm³/mol. The molecule has 0 fully saturated rings. The number of rotatable bonds is 5. The normalized spacial score (nSPS) is 11.1. The summed E-state index contributed by atoms with van der Waals surface area (Å²) in [7, 11) is 0. The first-order chi connectivity index (χ1) is 15.2. The zero-order valence-corrected chi connectivity index (χ0v) is 17.2. The van der Waals surface area contributed by atoms with Crippen LogP contribution >= 0.6 is 23.2 Å². The Balaban J connectivity index is 1.49. The Kier molecular flexibility index (Phi) is 5.90. The zero-order valence-electron chi connectivity index (χ0n) is 15.7. The van der Waals surface area contributed by atoms with Crippen LogP contribution in [0.1, 0.15) is 16.1 Å². The van der Waals surface area contributed by atoms with Gasteiger partial charge in [-0.3, -0.25) is 9.48 Å². The summed E-state index contributed by atoms with van der Waals surface area (Å²) in [5, 5.41) is 10.7. The molecule has 4 aromatic rings. The van der Waals surface area contributed by atoms with Gasteiger partial charge in [0.05, 0.1) is 29.0 Å². The summed E-state index contributed by atoms with van der Waals surface area (Å²) in [5.41, 5.74) is -0.309. The van der Waals surface area contributed by atoms with Crippen molar-refractivity contribution in [2.45, 2.75) is 6.54 Å². The monoisotopic (exact) mass is 484 g/mol. The van der Waals surface area contributed by atoms with Crippen molar-refractivity contribution in [3.8, 4) is 11.3 Å². The molecule has 0 saturated carbocycles. The number of aromatic nitrogens is 3. The third-order valence-electron chi connectivity index (χ3n) is 4.35. The number of anilines is 1. The average molecular weight is 485 g/mol. The molecule has 1 N–H and O–H groups in total. The van der Waals surface area contributed by atoms with Gasteiger partial charge in [-0.25, -0.2) is 17.6 Å². The van der Waals surface area contributed by atoms with E-state index in [9.17, 15) is 22.4 Å². The van der Waals surface area contributed by atoms with Crippen molar-refractivity contribution in [2.75, 3.05) is 5.32 Å². The third-order valence-corrected chi connectivity index (χ3v) is 4.90. The van der Waals surface area contributed by atoms with Crippen LogP contribution in [0.2, 0.25) is 10.0 Å². The lowest BCUT2D eigenvalue weighted by molar-refractivity contribution is 0.101. The van der Waals surface area contributed by atoms with Crippen LogP contribution in [0, 0.1) is 23.3 Å². The van der Waals surface area contributed by atoms with E-state index in [1.54, 1.807) is 12.1 Å². The number of carbonyl (C=O) groups is 1. The van der Waals surface area contributed by atoms with E-state index < -0.39 is 41.3 Å². The second kappa shape index (κ2) is 8.64. The van der Waals surface area contributed by atoms with Crippen LogP contribution in [0.25, 0.3) is 11.3 Å². The number of hydrogen-bond acceptors (Lipinski definition) is 4. The molecule has 0 aliphatic carbocycles. The maximum absolute atomic E-state index is 13.8. The van der Waals surface area contributed by atoms with Crippen LogP contribution in [0.5, 0.6) is 0 Å². The van der Waals surface area contributed by atoms with E-state index in [2.05, 4.69) is 15.6 Å². The number of hydrogen-bond donors (Lipinski definition) is 1. The van der Waals surface area contributed by atoms with Crippen molar-refractivity contribution in [2.24, 2.45) is 0 Å². The largest absolute Gasteiger partial charge is 0.355 e. The molecule has 0 saturated heterocycles. The van der Waals surface area contributed by atoms with Crippen molar-refractivity contribution >= 4 is 34.8 Å². The molecule has 2 aromatic heterocycles. The molecule has 0 spiro atoms. The molecule has 164 valence electrons. The van der Waals surface area contributed by atoms with Crippen LogP contribution in [-0.4, -0.2) is 20.8 Å². The topological polar surface area (TPSA) is 73.0 Å². The van der Waals surface area contributed by atoms with Gasteiger partial charge >= 0.3 is 0 Å². The van der Waals surface area contributed by atoms with E-state index in [0.29, 0.717) is 15.6 Å². The maximum Gasteiger partial charge on any atom is 0.277 e. The van der Waals surface area contributed by atoms with Gasteiger partial charge in [-0.2, -0.15) is 5.10 Å². The fourth-order valence-electron chi connectivity index (χ4n) is 2.83. The van der Waals surface area contributed by atoms with Gasteiger partial charge in [-0.1, -0.05) is 28.4 Å². The van der Waals surface area contributed by atoms with Gasteiger partial charge in [0.15, 0.2) is 34.7 Å². The fourth-order valence-corrected chi connectivity index (χ4v) is 3.33. The summed E-state index contributed by atoms with van der Waals surface area (Å²) in [4.78, 5) is 12.4. The number of carbonyl (C=O) groups excluding carboxylic acids is 1. The molecule has 0 unspecified atom stereocenters. The Bertz CT molecular complexity index is 1310. The van der Waals surface area contributed by atoms with Gasteiger partial charge in [0.25, 0.3) is 5.91 Å². The minimum atomic E-state index is -1.53. The Labute approximate surface area is 187 Å². The van der Waals surface area contributed by atoms with Crippen molar-refractivity contribution in [1.29, 1.82) is 0 Å². The number of benzene rings is 2. The van der Waals surface area contributed by atoms with Gasteiger partial charge in [0.2, 0.25) is 0 Å². The lowest BCUT2D eigenvalue weighted by Crippen LogP contribution is -2.12. The number of amides is 1. The van der Waals surface area contributed by atoms with Crippen LogP contribution in [-0.2, 0) is 6.54 Å². The summed E-state index contributed by atoms with van der Waals surface area (Å²) in [6, 6.07) is 6.17. The summed E-state index contributed by atoms with van der Waals surface area (Å²) in [6.45, 7) is -0.606. The lowest BCUT2D eigenvalue weighted by atomic mass is 10.1. The quantitative estimate of drug-likeness (QED) is 0.291. The van der Waals surface area contributed by atoms with Crippen LogP contribution in [0.15, 0.2) is 47.2 Å². The zero-order chi connectivity index (χ0) is 23.0. The van der Waals surface area contributed by atoms with Crippen LogP contribution in [0.3, 0.4) is 0 Å². The van der Waals surface area contributed by atoms with Gasteiger partial charge in [-0.15, -0.1) is 0 Å². The molecular weight excluding hydrogens is 475 g/mol. The highest BCUT2D eigenvalue weighted by Crippen LogP contribution is 2.31. The highest BCUT2D eigenvalue weighted by atomic mass is 35.5. The molecule has 0 aliphatic heterocycles. The van der Waals surface area contributed by atoms with E-state index in [4.69, 9.17) is 27.7 Å². The second-order valence-electron chi connectivity index (χ2n) is 6.53. The Morgan fingerprint density at radius 1 is 1.06 bits per heavy atom. The first-order valence-corrected chi connectivity index (χ1v) is 9.56. The van der Waals surface area contributed by atoms with Gasteiger partial charge < -0.3 is 9.84 Å². The van der Waals surface area contributed by atoms with E-state index in [1.165, 1.54) is 24.5 Å². The third kappa shape index (κ3) is 4.32. The van der Waals surface area contributed by atoms with E-state index in [0.717, 1.165) is 4.68 Å². The molecule has 12 heteroatoms. The second-order valence-corrected chi connectivity index (χ2v) is 7.37. The molecule has 0 bridgehead atoms. The van der Waals surface area contributed by atoms with Crippen LogP contribution < -0.4 is 5.32 Å². The number of nitrogens with zero attached hydrogens (tertiary/aromatic N) is 3. The Morgan fingerprint density at radius 3 is 2.47 bits per heavy atom. The smallest absolute Gasteiger partial charge is 0.277 e. The van der Waals surface area contributed by atoms with Crippen molar-refractivity contribution in [3.63, 3.8) is 0 Å². The number of nitrogens with one attached hydrogen (secondary N) is 1. The minimum absolute atomic E-state index is 0.0805. The summed E-state index contributed by atoms with van der Waals surface area (Å²) in [6.07, 6.45) is 2.40. The molecule has 0 atom stereocenters. The maximum atomic E-state index is 13.8. The standard InChI is InChI=1S/C20H10Cl2F4N4O2/c21-9-1-2-11(13(22)3-9)17-5-16(29-32-17)20(31)28-10-6-27-30(7-10)8-12-18(25)14(23)4-15(24)19(12)26/h1-7H,8H2,(H,28,31). The highest BCUT2D eigenvalue weighted by molar-refractivity contribution is 6.36. The molecule has 6 nitrogen and oxygen atoms in total. The summed E-state index contributed by atoms with van der Waals surface area (Å²) < 4.78 is 60.5. The van der Waals surface area contributed by atoms with E-state index in [1.807, 2.05) is 0 Å². The lowest BCUT2D eigenvalue weighted by Gasteiger charge is -2.07. The molecule has 2 heterocycles. The predicted octanol–water partition coefficient (Wildman–Crippen LogP) is 5.70. The molecule has 32 heavy (non-hydrogen) atoms. The first kappa shape index (κ1) is 21.8. The van der Waals surface area contributed by atoms with E-state index in [-0.39, 0.29) is 23.2 Å². The van der Waals surface area contributed by atoms with Crippen LogP contribution in [0.4, 0.5) is 23.2 Å². The first-order valence-electron chi connectivity index (χ1n) is 8.80. The van der Waals surface area contributed by atoms with Gasteiger partial charge in [0, 0.05) is 28.9 Å². The molecule has 0 aliphatic rings. The minimum Gasteiger partial charge on any atom is -0.355 e. The average Bonchev–Trinajstić information content (AvgIpc) is 3.39. The SMILES string of the molecule is O=C(Nc1cnn(Cc2c(F)c(F)cc(F)c2F)c1)c1cc(-c2ccc(Cl)cc2Cl)on1. The van der Waals surface area contributed by atoms with E-state index >= 15 is 0 Å². The molecular formula is C20H10Cl2F4N4O2. The van der Waals surface area contributed by atoms with Gasteiger partial charge in [-0.05, 0) is 18.2 Å². The highest BCUT2D eigenvalue weighted by Gasteiger charge is 2.20. The molecule has 4 rings (SSSR count). The van der Waals surface area contributed by atoms with Crippen molar-refractivity contribution in [1.82, 2.24) is 14.9 Å². The van der Waals surface area contributed by atoms with Crippen molar-refractivity contribution < 1.29 is 26.9 Å². The summed E-state index contributed by atoms with van der Waals surface area (Å²) in [5.74, 6) is -6.54. The fraction of sp³-hybridized carbons (Fsp3) is 0.0500. The molecule has 0 radical (unpaired) electrons. The van der Waals surface area contributed by atoms with Crippen molar-refractivity contribution in [3.05, 3.63) is 87.3 Å². The molecule has 2 aromatic carbocycles.